The lowest BCUT2D eigenvalue weighted by Gasteiger charge is -2.13. The summed E-state index contributed by atoms with van der Waals surface area (Å²) < 4.78 is 7.22. The maximum atomic E-state index is 5.38. The summed E-state index contributed by atoms with van der Waals surface area (Å²) in [4.78, 5) is 2.19. The summed E-state index contributed by atoms with van der Waals surface area (Å²) in [6.45, 7) is 4.71. The van der Waals surface area contributed by atoms with Crippen molar-refractivity contribution < 1.29 is 4.52 Å². The highest BCUT2D eigenvalue weighted by Gasteiger charge is 2.12. The Hall–Kier alpha value is -1.66. The van der Waals surface area contributed by atoms with Crippen molar-refractivity contribution in [3.8, 4) is 11.3 Å². The van der Waals surface area contributed by atoms with Crippen LogP contribution in [0.25, 0.3) is 11.3 Å². The fourth-order valence-electron chi connectivity index (χ4n) is 1.91. The highest BCUT2D eigenvalue weighted by atomic mass is 16.5. The predicted molar refractivity (Wildman–Crippen MR) is 73.7 cm³/mol. The van der Waals surface area contributed by atoms with Crippen LogP contribution in [0.2, 0.25) is 0 Å². The van der Waals surface area contributed by atoms with Crippen molar-refractivity contribution in [1.82, 2.24) is 25.2 Å². The average Bonchev–Trinajstić information content (AvgIpc) is 2.96. The number of hydrogen-bond acceptors (Lipinski definition) is 5. The van der Waals surface area contributed by atoms with Gasteiger partial charge in [-0.15, -0.1) is 0 Å². The van der Waals surface area contributed by atoms with Crippen LogP contribution < -0.4 is 5.32 Å². The molecule has 0 bridgehead atoms. The number of aromatic nitrogens is 3. The van der Waals surface area contributed by atoms with Crippen molar-refractivity contribution in [2.24, 2.45) is 7.05 Å². The molecule has 2 aromatic heterocycles. The molecule has 19 heavy (non-hydrogen) atoms. The number of nitrogens with zero attached hydrogens (tertiary/aromatic N) is 4. The van der Waals surface area contributed by atoms with E-state index in [9.17, 15) is 0 Å². The lowest BCUT2D eigenvalue weighted by atomic mass is 10.2. The molecule has 0 atom stereocenters. The molecule has 1 N–H and O–H groups in total. The van der Waals surface area contributed by atoms with Gasteiger partial charge in [-0.05, 0) is 21.0 Å². The van der Waals surface area contributed by atoms with Gasteiger partial charge in [0.05, 0.1) is 12.7 Å². The van der Waals surface area contributed by atoms with Crippen molar-refractivity contribution in [2.75, 3.05) is 27.2 Å². The second kappa shape index (κ2) is 5.99. The van der Waals surface area contributed by atoms with E-state index in [1.807, 2.05) is 38.0 Å². The molecular weight excluding hydrogens is 242 g/mol. The molecule has 2 rings (SSSR count). The van der Waals surface area contributed by atoms with E-state index in [4.69, 9.17) is 4.52 Å². The minimum absolute atomic E-state index is 0.758. The third kappa shape index (κ3) is 3.21. The van der Waals surface area contributed by atoms with E-state index >= 15 is 0 Å². The Kier molecular flexibility index (Phi) is 4.34. The van der Waals surface area contributed by atoms with E-state index in [0.29, 0.717) is 0 Å². The molecule has 104 valence electrons. The fourth-order valence-corrected chi connectivity index (χ4v) is 1.91. The van der Waals surface area contributed by atoms with Crippen LogP contribution in [0.4, 0.5) is 0 Å². The van der Waals surface area contributed by atoms with Gasteiger partial charge in [0.2, 0.25) is 0 Å². The van der Waals surface area contributed by atoms with Gasteiger partial charge in [0.25, 0.3) is 0 Å². The van der Waals surface area contributed by atoms with Gasteiger partial charge in [0.1, 0.15) is 5.69 Å². The van der Waals surface area contributed by atoms with E-state index < -0.39 is 0 Å². The molecule has 2 aromatic rings. The van der Waals surface area contributed by atoms with Gasteiger partial charge < -0.3 is 9.84 Å². The van der Waals surface area contributed by atoms with E-state index in [1.165, 1.54) is 0 Å². The van der Waals surface area contributed by atoms with Crippen LogP contribution in [0.3, 0.4) is 0 Å². The topological polar surface area (TPSA) is 59.1 Å². The molecule has 0 fully saturated rings. The molecule has 0 aromatic carbocycles. The van der Waals surface area contributed by atoms with Gasteiger partial charge in [0.15, 0.2) is 5.76 Å². The molecular formula is C13H21N5O. The number of nitrogens with one attached hydrogen (secondary N) is 1. The van der Waals surface area contributed by atoms with Gasteiger partial charge in [-0.25, -0.2) is 0 Å². The van der Waals surface area contributed by atoms with Gasteiger partial charge in [-0.2, -0.15) is 5.10 Å². The summed E-state index contributed by atoms with van der Waals surface area (Å²) in [6, 6.07) is 1.99. The summed E-state index contributed by atoms with van der Waals surface area (Å²) in [7, 11) is 5.94. The van der Waals surface area contributed by atoms with Gasteiger partial charge >= 0.3 is 0 Å². The van der Waals surface area contributed by atoms with E-state index in [1.54, 1.807) is 0 Å². The smallest absolute Gasteiger partial charge is 0.151 e. The molecule has 6 nitrogen and oxygen atoms in total. The van der Waals surface area contributed by atoms with Crippen molar-refractivity contribution in [2.45, 2.75) is 13.5 Å². The lowest BCUT2D eigenvalue weighted by molar-refractivity contribution is 0.274. The first-order valence-corrected chi connectivity index (χ1v) is 6.39. The molecule has 2 heterocycles. The number of aryl methyl sites for hydroxylation is 1. The Morgan fingerprint density at radius 3 is 2.89 bits per heavy atom. The SMILES string of the molecule is CNCCN(C)Cc1cc(-c2cnn(C)c2C)no1. The second-order valence-electron chi connectivity index (χ2n) is 4.79. The summed E-state index contributed by atoms with van der Waals surface area (Å²) >= 11 is 0. The normalized spacial score (nSPS) is 11.4. The zero-order valence-electron chi connectivity index (χ0n) is 12.0. The average molecular weight is 263 g/mol. The Morgan fingerprint density at radius 2 is 2.26 bits per heavy atom. The summed E-state index contributed by atoms with van der Waals surface area (Å²) in [6.07, 6.45) is 1.82. The first kappa shape index (κ1) is 13.8. The maximum absolute atomic E-state index is 5.38. The van der Waals surface area contributed by atoms with Crippen LogP contribution in [0.5, 0.6) is 0 Å². The molecule has 0 aliphatic carbocycles. The maximum Gasteiger partial charge on any atom is 0.151 e. The zero-order valence-corrected chi connectivity index (χ0v) is 12.0. The molecule has 0 spiro atoms. The van der Waals surface area contributed by atoms with E-state index in [0.717, 1.165) is 42.3 Å². The monoisotopic (exact) mass is 263 g/mol. The van der Waals surface area contributed by atoms with Crippen LogP contribution in [0.1, 0.15) is 11.5 Å². The Bertz CT molecular complexity index is 531. The van der Waals surface area contributed by atoms with E-state index in [-0.39, 0.29) is 0 Å². The lowest BCUT2D eigenvalue weighted by Crippen LogP contribution is -2.26. The third-order valence-electron chi connectivity index (χ3n) is 3.24. The quantitative estimate of drug-likeness (QED) is 0.843. The Morgan fingerprint density at radius 1 is 1.47 bits per heavy atom. The van der Waals surface area contributed by atoms with Crippen LogP contribution >= 0.6 is 0 Å². The zero-order chi connectivity index (χ0) is 13.8. The Balaban J connectivity index is 2.05. The highest BCUT2D eigenvalue weighted by molar-refractivity contribution is 5.60. The first-order valence-electron chi connectivity index (χ1n) is 6.39. The molecule has 0 saturated heterocycles. The molecule has 0 radical (unpaired) electrons. The van der Waals surface area contributed by atoms with Crippen LogP contribution in [0.15, 0.2) is 16.8 Å². The van der Waals surface area contributed by atoms with Gasteiger partial charge in [0, 0.05) is 37.5 Å². The van der Waals surface area contributed by atoms with Crippen molar-refractivity contribution in [3.63, 3.8) is 0 Å². The van der Waals surface area contributed by atoms with Crippen LogP contribution in [0, 0.1) is 6.92 Å². The van der Waals surface area contributed by atoms with Crippen molar-refractivity contribution in [3.05, 3.63) is 23.7 Å². The molecule has 0 saturated carbocycles. The molecule has 0 aliphatic heterocycles. The van der Waals surface area contributed by atoms with Gasteiger partial charge in [-0.3, -0.25) is 9.58 Å². The Labute approximate surface area is 113 Å². The van der Waals surface area contributed by atoms with Crippen molar-refractivity contribution >= 4 is 0 Å². The molecule has 6 heteroatoms. The minimum atomic E-state index is 0.758. The predicted octanol–water partition coefficient (Wildman–Crippen LogP) is 1.03. The highest BCUT2D eigenvalue weighted by Crippen LogP contribution is 2.22. The van der Waals surface area contributed by atoms with Crippen molar-refractivity contribution in [1.29, 1.82) is 0 Å². The summed E-state index contributed by atoms with van der Waals surface area (Å²) in [5, 5.41) is 11.5. The number of rotatable bonds is 6. The standard InChI is InChI=1S/C13H21N5O/c1-10-12(8-15-18(10)4)13-7-11(19-16-13)9-17(3)6-5-14-2/h7-8,14H,5-6,9H2,1-4H3. The second-order valence-corrected chi connectivity index (χ2v) is 4.79. The number of likely N-dealkylation sites (N-methyl/N-ethyl adjacent to an activating group) is 2. The summed E-state index contributed by atoms with van der Waals surface area (Å²) in [5.74, 6) is 0.872. The molecule has 0 amide bonds. The minimum Gasteiger partial charge on any atom is -0.359 e. The first-order chi connectivity index (χ1) is 9.11. The molecule has 0 unspecified atom stereocenters. The van der Waals surface area contributed by atoms with E-state index in [2.05, 4.69) is 27.5 Å². The summed E-state index contributed by atoms with van der Waals surface area (Å²) in [5.41, 5.74) is 2.96. The third-order valence-corrected chi connectivity index (χ3v) is 3.24. The molecule has 0 aliphatic rings. The number of hydrogen-bond donors (Lipinski definition) is 1. The fraction of sp³-hybridized carbons (Fsp3) is 0.538. The van der Waals surface area contributed by atoms with Crippen LogP contribution in [-0.2, 0) is 13.6 Å². The van der Waals surface area contributed by atoms with Crippen LogP contribution in [-0.4, -0.2) is 47.0 Å². The van der Waals surface area contributed by atoms with Gasteiger partial charge in [-0.1, -0.05) is 5.16 Å². The largest absolute Gasteiger partial charge is 0.359 e.